The molecule has 0 spiro atoms. The lowest BCUT2D eigenvalue weighted by Crippen LogP contribution is -2.22. The first kappa shape index (κ1) is 14.1. The number of rotatable bonds is 6. The van der Waals surface area contributed by atoms with Gasteiger partial charge in [0.2, 0.25) is 0 Å². The molecule has 1 aromatic rings. The van der Waals surface area contributed by atoms with Crippen molar-refractivity contribution in [3.63, 3.8) is 0 Å². The molecule has 100 valence electrons. The second-order valence-electron chi connectivity index (χ2n) is 4.37. The van der Waals surface area contributed by atoms with Crippen molar-refractivity contribution in [2.24, 2.45) is 5.92 Å². The summed E-state index contributed by atoms with van der Waals surface area (Å²) >= 11 is 12.8. The minimum Gasteiger partial charge on any atom is -0.353 e. The van der Waals surface area contributed by atoms with Gasteiger partial charge in [-0.15, -0.1) is 23.2 Å². The summed E-state index contributed by atoms with van der Waals surface area (Å²) in [5.74, 6) is 0.0632. The van der Waals surface area contributed by atoms with Crippen molar-refractivity contribution < 1.29 is 9.47 Å². The topological polar surface area (TPSA) is 18.5 Å². The molecule has 1 aliphatic carbocycles. The van der Waals surface area contributed by atoms with Gasteiger partial charge in [-0.1, -0.05) is 30.3 Å². The maximum atomic E-state index is 6.38. The first-order valence-corrected chi connectivity index (χ1v) is 7.04. The van der Waals surface area contributed by atoms with Crippen LogP contribution in [0.4, 0.5) is 0 Å². The quantitative estimate of drug-likeness (QED) is 0.582. The van der Waals surface area contributed by atoms with Crippen molar-refractivity contribution in [1.29, 1.82) is 0 Å². The molecule has 0 amide bonds. The van der Waals surface area contributed by atoms with Gasteiger partial charge in [0.25, 0.3) is 0 Å². The van der Waals surface area contributed by atoms with Crippen LogP contribution in [0.1, 0.15) is 25.3 Å². The third-order valence-electron chi connectivity index (χ3n) is 3.22. The van der Waals surface area contributed by atoms with Gasteiger partial charge in [-0.05, 0) is 19.4 Å². The van der Waals surface area contributed by atoms with Crippen molar-refractivity contribution in [3.8, 4) is 0 Å². The van der Waals surface area contributed by atoms with Crippen LogP contribution in [0.3, 0.4) is 0 Å². The number of hydrogen-bond donors (Lipinski definition) is 0. The van der Waals surface area contributed by atoms with Gasteiger partial charge in [0, 0.05) is 19.1 Å². The lowest BCUT2D eigenvalue weighted by molar-refractivity contribution is -0.149. The summed E-state index contributed by atoms with van der Waals surface area (Å²) in [4.78, 5) is 0. The van der Waals surface area contributed by atoms with E-state index in [1.165, 1.54) is 0 Å². The van der Waals surface area contributed by atoms with E-state index in [-0.39, 0.29) is 18.1 Å². The van der Waals surface area contributed by atoms with E-state index in [0.717, 1.165) is 5.56 Å². The van der Waals surface area contributed by atoms with Crippen molar-refractivity contribution in [1.82, 2.24) is 0 Å². The largest absolute Gasteiger partial charge is 0.353 e. The second-order valence-corrected chi connectivity index (χ2v) is 5.81. The zero-order chi connectivity index (χ0) is 13.2. The highest BCUT2D eigenvalue weighted by Crippen LogP contribution is 2.66. The van der Waals surface area contributed by atoms with E-state index in [1.807, 2.05) is 44.2 Å². The molecule has 0 bridgehead atoms. The minimum absolute atomic E-state index is 0.0110. The molecule has 2 rings (SSSR count). The lowest BCUT2D eigenvalue weighted by atomic mass is 10.1. The monoisotopic (exact) mass is 288 g/mol. The standard InChI is InChI=1S/C14H18Cl2O2/c1-3-17-13(18-4-2)12-11(14(12,15)16)10-8-6-5-7-9-10/h5-9,11-13H,3-4H2,1-2H3. The number of benzene rings is 1. The first-order chi connectivity index (χ1) is 8.62. The predicted octanol–water partition coefficient (Wildman–Crippen LogP) is 3.97. The van der Waals surface area contributed by atoms with Gasteiger partial charge in [0.05, 0.1) is 5.92 Å². The number of ether oxygens (including phenoxy) is 2. The Morgan fingerprint density at radius 1 is 1.11 bits per heavy atom. The summed E-state index contributed by atoms with van der Waals surface area (Å²) in [6, 6.07) is 10.0. The summed E-state index contributed by atoms with van der Waals surface area (Å²) in [6.45, 7) is 5.06. The average molecular weight is 289 g/mol. The number of halogens is 2. The zero-order valence-corrected chi connectivity index (χ0v) is 12.1. The fraction of sp³-hybridized carbons (Fsp3) is 0.571. The molecule has 18 heavy (non-hydrogen) atoms. The van der Waals surface area contributed by atoms with Crippen LogP contribution >= 0.6 is 23.2 Å². The smallest absolute Gasteiger partial charge is 0.163 e. The van der Waals surface area contributed by atoms with E-state index in [9.17, 15) is 0 Å². The second kappa shape index (κ2) is 5.79. The van der Waals surface area contributed by atoms with Gasteiger partial charge < -0.3 is 9.47 Å². The van der Waals surface area contributed by atoms with Crippen LogP contribution in [0.2, 0.25) is 0 Å². The summed E-state index contributed by atoms with van der Waals surface area (Å²) in [6.07, 6.45) is -0.333. The lowest BCUT2D eigenvalue weighted by Gasteiger charge is -2.17. The molecule has 1 fully saturated rings. The van der Waals surface area contributed by atoms with Crippen molar-refractivity contribution in [2.75, 3.05) is 13.2 Å². The Bertz CT molecular complexity index is 375. The molecule has 0 saturated heterocycles. The maximum absolute atomic E-state index is 6.38. The van der Waals surface area contributed by atoms with Crippen LogP contribution < -0.4 is 0 Å². The van der Waals surface area contributed by atoms with Gasteiger partial charge in [0.15, 0.2) is 6.29 Å². The fourth-order valence-corrected chi connectivity index (χ4v) is 3.22. The van der Waals surface area contributed by atoms with Crippen molar-refractivity contribution in [2.45, 2.75) is 30.4 Å². The van der Waals surface area contributed by atoms with E-state index < -0.39 is 4.33 Å². The Morgan fingerprint density at radius 3 is 2.17 bits per heavy atom. The molecule has 1 aromatic carbocycles. The Labute approximate surface area is 118 Å². The normalized spacial score (nSPS) is 25.4. The highest BCUT2D eigenvalue weighted by Gasteiger charge is 2.67. The van der Waals surface area contributed by atoms with E-state index in [1.54, 1.807) is 0 Å². The fourth-order valence-electron chi connectivity index (χ4n) is 2.36. The molecule has 0 radical (unpaired) electrons. The molecule has 0 N–H and O–H groups in total. The Balaban J connectivity index is 2.14. The van der Waals surface area contributed by atoms with Gasteiger partial charge in [0.1, 0.15) is 4.33 Å². The molecule has 1 saturated carbocycles. The molecular weight excluding hydrogens is 271 g/mol. The highest BCUT2D eigenvalue weighted by molar-refractivity contribution is 6.52. The summed E-state index contributed by atoms with van der Waals surface area (Å²) in [5.41, 5.74) is 1.14. The molecule has 0 aliphatic heterocycles. The van der Waals surface area contributed by atoms with Gasteiger partial charge in [-0.3, -0.25) is 0 Å². The first-order valence-electron chi connectivity index (χ1n) is 6.28. The van der Waals surface area contributed by atoms with Crippen LogP contribution in [0.15, 0.2) is 30.3 Å². The van der Waals surface area contributed by atoms with Crippen LogP contribution in [0.5, 0.6) is 0 Å². The van der Waals surface area contributed by atoms with Crippen LogP contribution in [0.25, 0.3) is 0 Å². The minimum atomic E-state index is -0.795. The Kier molecular flexibility index (Phi) is 4.54. The van der Waals surface area contributed by atoms with E-state index >= 15 is 0 Å². The van der Waals surface area contributed by atoms with E-state index in [0.29, 0.717) is 13.2 Å². The van der Waals surface area contributed by atoms with E-state index in [4.69, 9.17) is 32.7 Å². The molecule has 2 atom stereocenters. The maximum Gasteiger partial charge on any atom is 0.163 e. The molecule has 1 aliphatic rings. The molecule has 2 unspecified atom stereocenters. The van der Waals surface area contributed by atoms with Crippen molar-refractivity contribution >= 4 is 23.2 Å². The molecule has 2 nitrogen and oxygen atoms in total. The predicted molar refractivity (Wildman–Crippen MR) is 74.2 cm³/mol. The summed E-state index contributed by atoms with van der Waals surface area (Å²) in [5, 5.41) is 0. The number of hydrogen-bond acceptors (Lipinski definition) is 2. The molecular formula is C14H18Cl2O2. The van der Waals surface area contributed by atoms with Crippen LogP contribution in [-0.2, 0) is 9.47 Å². The third kappa shape index (κ3) is 2.67. The van der Waals surface area contributed by atoms with E-state index in [2.05, 4.69) is 0 Å². The van der Waals surface area contributed by atoms with Crippen molar-refractivity contribution in [3.05, 3.63) is 35.9 Å². The Morgan fingerprint density at radius 2 is 1.67 bits per heavy atom. The van der Waals surface area contributed by atoms with Gasteiger partial charge >= 0.3 is 0 Å². The highest BCUT2D eigenvalue weighted by atomic mass is 35.5. The Hall–Kier alpha value is -0.280. The molecule has 0 aromatic heterocycles. The summed E-state index contributed by atoms with van der Waals surface area (Å²) < 4.78 is 10.4. The third-order valence-corrected chi connectivity index (χ3v) is 4.20. The average Bonchev–Trinajstić information content (AvgIpc) is 2.93. The molecule has 4 heteroatoms. The van der Waals surface area contributed by atoms with Crippen LogP contribution in [0, 0.1) is 5.92 Å². The number of alkyl halides is 2. The van der Waals surface area contributed by atoms with Gasteiger partial charge in [-0.25, -0.2) is 0 Å². The zero-order valence-electron chi connectivity index (χ0n) is 10.6. The SMILES string of the molecule is CCOC(OCC)C1C(c2ccccc2)C1(Cl)Cl. The summed E-state index contributed by atoms with van der Waals surface area (Å²) in [7, 11) is 0. The van der Waals surface area contributed by atoms with Crippen LogP contribution in [-0.4, -0.2) is 23.8 Å². The van der Waals surface area contributed by atoms with Gasteiger partial charge in [-0.2, -0.15) is 0 Å². The molecule has 0 heterocycles.